The van der Waals surface area contributed by atoms with Crippen LogP contribution in [0.5, 0.6) is 0 Å². The van der Waals surface area contributed by atoms with Gasteiger partial charge in [-0.3, -0.25) is 4.79 Å². The third-order valence-electron chi connectivity index (χ3n) is 3.17. The minimum Gasteiger partial charge on any atom is -0.385 e. The summed E-state index contributed by atoms with van der Waals surface area (Å²) >= 11 is 0. The van der Waals surface area contributed by atoms with Crippen LogP contribution in [0, 0.1) is 6.92 Å². The monoisotopic (exact) mass is 286 g/mol. The summed E-state index contributed by atoms with van der Waals surface area (Å²) < 4.78 is 0. The van der Waals surface area contributed by atoms with Crippen LogP contribution >= 0.6 is 0 Å². The molecule has 2 N–H and O–H groups in total. The van der Waals surface area contributed by atoms with Gasteiger partial charge in [0.25, 0.3) is 0 Å². The van der Waals surface area contributed by atoms with Gasteiger partial charge in [0, 0.05) is 6.42 Å². The lowest BCUT2D eigenvalue weighted by molar-refractivity contribution is -0.127. The van der Waals surface area contributed by atoms with E-state index in [1.54, 1.807) is 0 Å². The maximum absolute atomic E-state index is 11.3. The average molecular weight is 286 g/mol. The van der Waals surface area contributed by atoms with Crippen LogP contribution in [0.15, 0.2) is 0 Å². The lowest BCUT2D eigenvalue weighted by Gasteiger charge is -2.06. The second-order valence-electron chi connectivity index (χ2n) is 5.35. The first-order valence-corrected chi connectivity index (χ1v) is 8.22. The third kappa shape index (κ3) is 17.6. The van der Waals surface area contributed by atoms with E-state index in [2.05, 4.69) is 19.2 Å². The maximum atomic E-state index is 11.3. The number of carbonyl (C=O) groups excluding carboxylic acids is 1. The largest absolute Gasteiger partial charge is 0.385 e. The Hall–Kier alpha value is -0.410. The predicted octanol–water partition coefficient (Wildman–Crippen LogP) is 3.90. The van der Waals surface area contributed by atoms with Crippen molar-refractivity contribution in [2.24, 2.45) is 0 Å². The molecular formula is C17H36NO2. The number of nitrogens with one attached hydrogen (secondary N) is 1. The summed E-state index contributed by atoms with van der Waals surface area (Å²) in [5, 5.41) is 12.0. The minimum absolute atomic E-state index is 0.0389. The molecule has 0 aromatic rings. The van der Waals surface area contributed by atoms with Crippen molar-refractivity contribution in [1.29, 1.82) is 0 Å². The van der Waals surface area contributed by atoms with Crippen molar-refractivity contribution in [3.05, 3.63) is 6.92 Å². The van der Waals surface area contributed by atoms with Crippen molar-refractivity contribution in [2.75, 3.05) is 14.1 Å². The highest BCUT2D eigenvalue weighted by atomic mass is 16.3. The molecule has 0 aliphatic heterocycles. The van der Waals surface area contributed by atoms with Gasteiger partial charge in [-0.05, 0) is 26.9 Å². The zero-order valence-corrected chi connectivity index (χ0v) is 13.9. The molecule has 0 bridgehead atoms. The van der Waals surface area contributed by atoms with Crippen LogP contribution in [-0.2, 0) is 4.79 Å². The summed E-state index contributed by atoms with van der Waals surface area (Å²) in [5.41, 5.74) is 0. The molecular weight excluding hydrogens is 250 g/mol. The fraction of sp³-hybridized carbons (Fsp3) is 0.882. The second kappa shape index (κ2) is 18.6. The first-order valence-electron chi connectivity index (χ1n) is 8.22. The number of hydrogen-bond acceptors (Lipinski definition) is 3. The van der Waals surface area contributed by atoms with Crippen LogP contribution in [0.3, 0.4) is 0 Å². The Morgan fingerprint density at radius 1 is 1.00 bits per heavy atom. The highest BCUT2D eigenvalue weighted by Crippen LogP contribution is 2.11. The number of unbranched alkanes of at least 4 members (excludes halogenated alkanes) is 8. The van der Waals surface area contributed by atoms with Gasteiger partial charge in [0.15, 0.2) is 5.78 Å². The van der Waals surface area contributed by atoms with Crippen molar-refractivity contribution < 1.29 is 9.90 Å². The molecule has 0 heterocycles. The summed E-state index contributed by atoms with van der Waals surface area (Å²) in [7, 11) is 3.75. The second-order valence-corrected chi connectivity index (χ2v) is 5.35. The number of aliphatic hydroxyl groups is 1. The topological polar surface area (TPSA) is 49.3 Å². The quantitative estimate of drug-likeness (QED) is 0.535. The van der Waals surface area contributed by atoms with Crippen molar-refractivity contribution >= 4 is 5.78 Å². The van der Waals surface area contributed by atoms with E-state index in [4.69, 9.17) is 0 Å². The highest BCUT2D eigenvalue weighted by molar-refractivity contribution is 5.82. The molecule has 3 nitrogen and oxygen atoms in total. The highest BCUT2D eigenvalue weighted by Gasteiger charge is 2.11. The molecule has 0 saturated heterocycles. The van der Waals surface area contributed by atoms with Crippen molar-refractivity contribution in [1.82, 2.24) is 5.32 Å². The average Bonchev–Trinajstić information content (AvgIpc) is 2.45. The van der Waals surface area contributed by atoms with Gasteiger partial charge in [-0.25, -0.2) is 0 Å². The summed E-state index contributed by atoms with van der Waals surface area (Å²) in [6.45, 7) is 5.76. The number of ketones is 1. The van der Waals surface area contributed by atoms with Gasteiger partial charge >= 0.3 is 0 Å². The molecule has 1 radical (unpaired) electrons. The van der Waals surface area contributed by atoms with Crippen LogP contribution < -0.4 is 5.32 Å². The number of aliphatic hydroxyl groups excluding tert-OH is 1. The zero-order valence-electron chi connectivity index (χ0n) is 13.9. The van der Waals surface area contributed by atoms with Crippen molar-refractivity contribution in [3.8, 4) is 0 Å². The molecule has 0 amide bonds. The summed E-state index contributed by atoms with van der Waals surface area (Å²) in [6, 6.07) is 0. The molecule has 3 heteroatoms. The van der Waals surface area contributed by atoms with Crippen LogP contribution in [0.1, 0.15) is 77.6 Å². The van der Waals surface area contributed by atoms with Crippen molar-refractivity contribution in [2.45, 2.75) is 83.7 Å². The van der Waals surface area contributed by atoms with Crippen LogP contribution in [0.25, 0.3) is 0 Å². The van der Waals surface area contributed by atoms with Gasteiger partial charge < -0.3 is 10.4 Å². The molecule has 0 fully saturated rings. The SMILES string of the molecule is CNC.[CH2]CC(O)C(=O)CCCCCCCCCCC. The molecule has 20 heavy (non-hydrogen) atoms. The Morgan fingerprint density at radius 2 is 1.40 bits per heavy atom. The van der Waals surface area contributed by atoms with Crippen LogP contribution in [0.2, 0.25) is 0 Å². The minimum atomic E-state index is -0.830. The normalized spacial score (nSPS) is 11.7. The molecule has 0 rings (SSSR count). The standard InChI is InChI=1S/C15H29O2.C2H7N/c1-3-5-6-7-8-9-10-11-12-13-15(17)14(16)4-2;1-3-2/h14,16H,2-13H2,1H3;3H,1-2H3. The number of Topliss-reactive ketones (excluding diaryl/α,β-unsaturated/α-hetero) is 1. The number of rotatable bonds is 12. The molecule has 1 unspecified atom stereocenters. The van der Waals surface area contributed by atoms with E-state index >= 15 is 0 Å². The molecule has 0 aromatic carbocycles. The molecule has 0 aromatic heterocycles. The van der Waals surface area contributed by atoms with Crippen LogP contribution in [0.4, 0.5) is 0 Å². The van der Waals surface area contributed by atoms with E-state index < -0.39 is 6.10 Å². The molecule has 0 aliphatic rings. The first kappa shape index (κ1) is 21.9. The fourth-order valence-electron chi connectivity index (χ4n) is 1.94. The Bertz CT molecular complexity index is 195. The van der Waals surface area contributed by atoms with Crippen LogP contribution in [-0.4, -0.2) is 31.1 Å². The molecule has 0 saturated carbocycles. The smallest absolute Gasteiger partial charge is 0.161 e. The van der Waals surface area contributed by atoms with Gasteiger partial charge in [-0.2, -0.15) is 0 Å². The lowest BCUT2D eigenvalue weighted by atomic mass is 10.0. The zero-order chi connectivity index (χ0) is 15.6. The number of carbonyl (C=O) groups is 1. The summed E-state index contributed by atoms with van der Waals surface area (Å²) in [6.07, 6.45) is 11.2. The van der Waals surface area contributed by atoms with Gasteiger partial charge in [0.1, 0.15) is 6.10 Å². The van der Waals surface area contributed by atoms with E-state index in [0.717, 1.165) is 12.8 Å². The van der Waals surface area contributed by atoms with Gasteiger partial charge in [-0.1, -0.05) is 65.2 Å². The van der Waals surface area contributed by atoms with E-state index in [-0.39, 0.29) is 5.78 Å². The molecule has 121 valence electrons. The molecule has 0 spiro atoms. The Labute approximate surface area is 126 Å². The lowest BCUT2D eigenvalue weighted by Crippen LogP contribution is -2.18. The summed E-state index contributed by atoms with van der Waals surface area (Å²) in [5.74, 6) is -0.0389. The van der Waals surface area contributed by atoms with Crippen molar-refractivity contribution in [3.63, 3.8) is 0 Å². The molecule has 1 atom stereocenters. The van der Waals surface area contributed by atoms with Gasteiger partial charge in [0.05, 0.1) is 0 Å². The number of hydrogen-bond donors (Lipinski definition) is 2. The van der Waals surface area contributed by atoms with E-state index in [9.17, 15) is 9.90 Å². The van der Waals surface area contributed by atoms with Gasteiger partial charge in [0.2, 0.25) is 0 Å². The van der Waals surface area contributed by atoms with Gasteiger partial charge in [-0.15, -0.1) is 0 Å². The Kier molecular flexibility index (Phi) is 20.3. The maximum Gasteiger partial charge on any atom is 0.161 e. The fourth-order valence-corrected chi connectivity index (χ4v) is 1.94. The third-order valence-corrected chi connectivity index (χ3v) is 3.17. The Balaban J connectivity index is 0. The van der Waals surface area contributed by atoms with E-state index in [1.807, 2.05) is 14.1 Å². The molecule has 0 aliphatic carbocycles. The first-order chi connectivity index (χ1) is 9.63. The summed E-state index contributed by atoms with van der Waals surface area (Å²) in [4.78, 5) is 11.3. The Morgan fingerprint density at radius 3 is 1.80 bits per heavy atom. The predicted molar refractivity (Wildman–Crippen MR) is 87.8 cm³/mol. The van der Waals surface area contributed by atoms with E-state index in [0.29, 0.717) is 12.8 Å². The van der Waals surface area contributed by atoms with E-state index in [1.165, 1.54) is 44.9 Å².